The first-order chi connectivity index (χ1) is 11.2. The van der Waals surface area contributed by atoms with Crippen molar-refractivity contribution in [3.8, 4) is 5.75 Å². The van der Waals surface area contributed by atoms with Gasteiger partial charge in [0.15, 0.2) is 5.96 Å². The van der Waals surface area contributed by atoms with E-state index in [-0.39, 0.29) is 35.9 Å². The molecule has 8 heteroatoms. The molecular formula is C16H23FIN5O. The Morgan fingerprint density at radius 3 is 2.92 bits per heavy atom. The molecule has 2 rings (SSSR count). The van der Waals surface area contributed by atoms with Crippen LogP contribution < -0.4 is 15.4 Å². The Balaban J connectivity index is 0.00000288. The Labute approximate surface area is 158 Å². The number of rotatable bonds is 7. The molecule has 1 aromatic heterocycles. The van der Waals surface area contributed by atoms with Gasteiger partial charge >= 0.3 is 0 Å². The molecule has 24 heavy (non-hydrogen) atoms. The lowest BCUT2D eigenvalue weighted by Gasteiger charge is -2.17. The molecule has 0 saturated carbocycles. The molecule has 6 nitrogen and oxygen atoms in total. The van der Waals surface area contributed by atoms with Gasteiger partial charge in [0.2, 0.25) is 0 Å². The van der Waals surface area contributed by atoms with E-state index in [4.69, 9.17) is 4.74 Å². The maximum absolute atomic E-state index is 13.1. The zero-order valence-corrected chi connectivity index (χ0v) is 16.1. The summed E-state index contributed by atoms with van der Waals surface area (Å²) in [5, 5.41) is 6.39. The van der Waals surface area contributed by atoms with Gasteiger partial charge in [-0.3, -0.25) is 4.99 Å². The lowest BCUT2D eigenvalue weighted by atomic mass is 10.3. The van der Waals surface area contributed by atoms with Gasteiger partial charge in [-0.2, -0.15) is 0 Å². The summed E-state index contributed by atoms with van der Waals surface area (Å²) in [4.78, 5) is 8.15. The van der Waals surface area contributed by atoms with Gasteiger partial charge < -0.3 is 19.9 Å². The largest absolute Gasteiger partial charge is 0.489 e. The number of guanidine groups is 1. The van der Waals surface area contributed by atoms with Gasteiger partial charge in [0.05, 0.1) is 12.9 Å². The first-order valence-electron chi connectivity index (χ1n) is 7.50. The van der Waals surface area contributed by atoms with E-state index < -0.39 is 0 Å². The van der Waals surface area contributed by atoms with Crippen LogP contribution in [-0.4, -0.2) is 41.8 Å². The third-order valence-corrected chi connectivity index (χ3v) is 3.14. The maximum Gasteiger partial charge on any atom is 0.191 e. The van der Waals surface area contributed by atoms with Crippen LogP contribution in [0.5, 0.6) is 5.75 Å². The number of nitrogens with one attached hydrogen (secondary N) is 2. The molecule has 0 aliphatic carbocycles. The second-order valence-corrected chi connectivity index (χ2v) is 5.07. The van der Waals surface area contributed by atoms with E-state index in [0.717, 1.165) is 13.1 Å². The molecule has 0 saturated heterocycles. The predicted molar refractivity (Wildman–Crippen MR) is 103 cm³/mol. The van der Waals surface area contributed by atoms with Crippen molar-refractivity contribution in [3.63, 3.8) is 0 Å². The van der Waals surface area contributed by atoms with E-state index in [0.29, 0.717) is 18.3 Å². The first-order valence-corrected chi connectivity index (χ1v) is 7.50. The molecule has 1 heterocycles. The summed E-state index contributed by atoms with van der Waals surface area (Å²) in [6.07, 6.45) is 5.31. The lowest BCUT2D eigenvalue weighted by molar-refractivity contribution is 0.223. The standard InChI is InChI=1S/C16H22FN5O.HI/c1-13(23-15-5-3-4-14(17)10-15)11-21-16(18-2)20-7-9-22-8-6-19-12-22;/h3-6,8,10,12-13H,7,9,11H2,1-2H3,(H2,18,20,21);1H. The second kappa shape index (κ2) is 10.8. The van der Waals surface area contributed by atoms with E-state index in [2.05, 4.69) is 20.6 Å². The number of benzene rings is 1. The molecule has 0 aliphatic heterocycles. The highest BCUT2D eigenvalue weighted by Gasteiger charge is 2.06. The third kappa shape index (κ3) is 7.16. The molecule has 1 atom stereocenters. The summed E-state index contributed by atoms with van der Waals surface area (Å²) in [6, 6.07) is 6.12. The van der Waals surface area contributed by atoms with Gasteiger partial charge in [-0.05, 0) is 19.1 Å². The fourth-order valence-corrected chi connectivity index (χ4v) is 2.00. The number of hydrogen-bond donors (Lipinski definition) is 2. The van der Waals surface area contributed by atoms with Crippen molar-refractivity contribution in [2.45, 2.75) is 19.6 Å². The first kappa shape index (κ1) is 20.2. The summed E-state index contributed by atoms with van der Waals surface area (Å²) in [5.74, 6) is 0.904. The Morgan fingerprint density at radius 2 is 2.25 bits per heavy atom. The van der Waals surface area contributed by atoms with Crippen LogP contribution in [0.25, 0.3) is 0 Å². The predicted octanol–water partition coefficient (Wildman–Crippen LogP) is 2.27. The molecule has 2 N–H and O–H groups in total. The fraction of sp³-hybridized carbons (Fsp3) is 0.375. The van der Waals surface area contributed by atoms with Gasteiger partial charge in [-0.25, -0.2) is 9.37 Å². The number of aromatic nitrogens is 2. The zero-order valence-electron chi connectivity index (χ0n) is 13.8. The lowest BCUT2D eigenvalue weighted by Crippen LogP contribution is -2.42. The Kier molecular flexibility index (Phi) is 9.13. The fourth-order valence-electron chi connectivity index (χ4n) is 2.00. The summed E-state index contributed by atoms with van der Waals surface area (Å²) >= 11 is 0. The molecule has 1 unspecified atom stereocenters. The molecule has 0 spiro atoms. The molecule has 0 bridgehead atoms. The zero-order chi connectivity index (χ0) is 16.5. The summed E-state index contributed by atoms with van der Waals surface area (Å²) in [7, 11) is 1.71. The number of ether oxygens (including phenoxy) is 1. The molecule has 0 amide bonds. The van der Waals surface area contributed by atoms with Crippen molar-refractivity contribution in [1.29, 1.82) is 0 Å². The molecule has 0 fully saturated rings. The van der Waals surface area contributed by atoms with Crippen LogP contribution in [0.2, 0.25) is 0 Å². The Hall–Kier alpha value is -1.84. The normalized spacial score (nSPS) is 12.2. The minimum absolute atomic E-state index is 0. The molecule has 0 radical (unpaired) electrons. The smallest absolute Gasteiger partial charge is 0.191 e. The van der Waals surface area contributed by atoms with E-state index in [1.807, 2.05) is 17.7 Å². The molecule has 0 aliphatic rings. The summed E-state index contributed by atoms with van der Waals surface area (Å²) < 4.78 is 20.7. The highest BCUT2D eigenvalue weighted by Crippen LogP contribution is 2.13. The van der Waals surface area contributed by atoms with Crippen molar-refractivity contribution in [2.24, 2.45) is 4.99 Å². The molecule has 132 valence electrons. The minimum atomic E-state index is -0.306. The van der Waals surface area contributed by atoms with Gasteiger partial charge in [0.1, 0.15) is 17.7 Å². The van der Waals surface area contributed by atoms with Gasteiger partial charge in [-0.15, -0.1) is 24.0 Å². The number of imidazole rings is 1. The topological polar surface area (TPSA) is 63.5 Å². The number of aliphatic imine (C=N–C) groups is 1. The highest BCUT2D eigenvalue weighted by molar-refractivity contribution is 14.0. The van der Waals surface area contributed by atoms with E-state index >= 15 is 0 Å². The van der Waals surface area contributed by atoms with Crippen molar-refractivity contribution in [3.05, 3.63) is 48.8 Å². The monoisotopic (exact) mass is 447 g/mol. The summed E-state index contributed by atoms with van der Waals surface area (Å²) in [5.41, 5.74) is 0. The van der Waals surface area contributed by atoms with Crippen LogP contribution in [0.15, 0.2) is 48.0 Å². The third-order valence-electron chi connectivity index (χ3n) is 3.14. The quantitative estimate of drug-likeness (QED) is 0.389. The average molecular weight is 447 g/mol. The van der Waals surface area contributed by atoms with Gasteiger partial charge in [0, 0.05) is 38.6 Å². The second-order valence-electron chi connectivity index (χ2n) is 5.07. The van der Waals surface area contributed by atoms with Crippen LogP contribution in [0.4, 0.5) is 4.39 Å². The van der Waals surface area contributed by atoms with Gasteiger partial charge in [0.25, 0.3) is 0 Å². The maximum atomic E-state index is 13.1. The van der Waals surface area contributed by atoms with Crippen LogP contribution in [-0.2, 0) is 6.54 Å². The van der Waals surface area contributed by atoms with E-state index in [1.165, 1.54) is 12.1 Å². The van der Waals surface area contributed by atoms with Crippen molar-refractivity contribution < 1.29 is 9.13 Å². The molecular weight excluding hydrogens is 424 g/mol. The van der Waals surface area contributed by atoms with E-state index in [1.54, 1.807) is 31.7 Å². The molecule has 1 aromatic carbocycles. The van der Waals surface area contributed by atoms with Gasteiger partial charge in [-0.1, -0.05) is 6.07 Å². The minimum Gasteiger partial charge on any atom is -0.489 e. The Bertz CT molecular complexity index is 621. The Morgan fingerprint density at radius 1 is 1.42 bits per heavy atom. The average Bonchev–Trinajstić information content (AvgIpc) is 3.04. The highest BCUT2D eigenvalue weighted by atomic mass is 127. The number of nitrogens with zero attached hydrogens (tertiary/aromatic N) is 3. The van der Waals surface area contributed by atoms with Crippen molar-refractivity contribution >= 4 is 29.9 Å². The van der Waals surface area contributed by atoms with Crippen LogP contribution in [0.3, 0.4) is 0 Å². The van der Waals surface area contributed by atoms with E-state index in [9.17, 15) is 4.39 Å². The van der Waals surface area contributed by atoms with Crippen LogP contribution in [0, 0.1) is 5.82 Å². The number of halogens is 2. The number of hydrogen-bond acceptors (Lipinski definition) is 3. The van der Waals surface area contributed by atoms with Crippen molar-refractivity contribution in [2.75, 3.05) is 20.1 Å². The SMILES string of the molecule is CN=C(NCCn1ccnc1)NCC(C)Oc1cccc(F)c1.I. The van der Waals surface area contributed by atoms with Crippen LogP contribution in [0.1, 0.15) is 6.92 Å². The summed E-state index contributed by atoms with van der Waals surface area (Å²) in [6.45, 7) is 4.00. The molecule has 2 aromatic rings. The van der Waals surface area contributed by atoms with Crippen molar-refractivity contribution in [1.82, 2.24) is 20.2 Å². The van der Waals surface area contributed by atoms with Crippen LogP contribution >= 0.6 is 24.0 Å².